The van der Waals surface area contributed by atoms with Crippen molar-refractivity contribution >= 4 is 23.6 Å². The monoisotopic (exact) mass is 316 g/mol. The van der Waals surface area contributed by atoms with Crippen molar-refractivity contribution in [3.63, 3.8) is 0 Å². The number of carbonyl (C=O) groups excluding carboxylic acids is 1. The summed E-state index contributed by atoms with van der Waals surface area (Å²) in [6.07, 6.45) is 3.56. The van der Waals surface area contributed by atoms with Crippen LogP contribution in [0.4, 0.5) is 0 Å². The van der Waals surface area contributed by atoms with Crippen LogP contribution in [0.25, 0.3) is 0 Å². The molecule has 0 spiro atoms. The number of nitrogens with one attached hydrogen (secondary N) is 1. The van der Waals surface area contributed by atoms with Crippen molar-refractivity contribution in [2.75, 3.05) is 5.75 Å². The molecule has 1 atom stereocenters. The number of pyridine rings is 1. The minimum absolute atomic E-state index is 0.169. The molecule has 5 nitrogen and oxygen atoms in total. The van der Waals surface area contributed by atoms with Crippen molar-refractivity contribution < 1.29 is 14.7 Å². The van der Waals surface area contributed by atoms with Crippen LogP contribution in [0.1, 0.15) is 5.56 Å². The Morgan fingerprint density at radius 3 is 2.45 bits per heavy atom. The van der Waals surface area contributed by atoms with E-state index in [9.17, 15) is 14.7 Å². The van der Waals surface area contributed by atoms with Crippen LogP contribution >= 0.6 is 11.8 Å². The van der Waals surface area contributed by atoms with Crippen LogP contribution in [0.5, 0.6) is 0 Å². The number of benzene rings is 1. The van der Waals surface area contributed by atoms with Gasteiger partial charge in [-0.05, 0) is 17.7 Å². The molecular weight excluding hydrogens is 300 g/mol. The highest BCUT2D eigenvalue weighted by Gasteiger charge is 2.20. The zero-order chi connectivity index (χ0) is 15.8. The summed E-state index contributed by atoms with van der Waals surface area (Å²) < 4.78 is 0. The predicted octanol–water partition coefficient (Wildman–Crippen LogP) is 1.99. The lowest BCUT2D eigenvalue weighted by Crippen LogP contribution is -2.43. The van der Waals surface area contributed by atoms with E-state index >= 15 is 0 Å². The number of nitrogens with zero attached hydrogens (tertiary/aromatic N) is 1. The Hall–Kier alpha value is -2.34. The molecule has 1 aromatic heterocycles. The summed E-state index contributed by atoms with van der Waals surface area (Å²) in [6, 6.07) is 11.9. The van der Waals surface area contributed by atoms with Crippen molar-refractivity contribution in [2.24, 2.45) is 0 Å². The molecular formula is C16H16N2O3S. The highest BCUT2D eigenvalue weighted by Crippen LogP contribution is 2.15. The number of carboxylic acids is 1. The number of carboxylic acid groups (broad SMARTS) is 1. The Balaban J connectivity index is 1.88. The van der Waals surface area contributed by atoms with Crippen LogP contribution in [0.3, 0.4) is 0 Å². The molecule has 0 aliphatic heterocycles. The predicted molar refractivity (Wildman–Crippen MR) is 84.7 cm³/mol. The Morgan fingerprint density at radius 1 is 1.14 bits per heavy atom. The fraction of sp³-hybridized carbons (Fsp3) is 0.188. The van der Waals surface area contributed by atoms with E-state index in [1.54, 1.807) is 24.5 Å². The molecule has 0 unspecified atom stereocenters. The summed E-state index contributed by atoms with van der Waals surface area (Å²) >= 11 is 1.34. The first-order valence-electron chi connectivity index (χ1n) is 6.74. The van der Waals surface area contributed by atoms with E-state index < -0.39 is 12.0 Å². The van der Waals surface area contributed by atoms with E-state index in [-0.39, 0.29) is 18.1 Å². The van der Waals surface area contributed by atoms with Gasteiger partial charge in [-0.3, -0.25) is 9.78 Å². The minimum atomic E-state index is -1.04. The molecule has 1 amide bonds. The number of aromatic nitrogens is 1. The maximum atomic E-state index is 11.9. The second kappa shape index (κ2) is 8.19. The first kappa shape index (κ1) is 16.0. The normalized spacial score (nSPS) is 11.6. The molecule has 1 heterocycles. The largest absolute Gasteiger partial charge is 0.480 e. The van der Waals surface area contributed by atoms with Crippen molar-refractivity contribution in [2.45, 2.75) is 17.4 Å². The Morgan fingerprint density at radius 2 is 1.82 bits per heavy atom. The van der Waals surface area contributed by atoms with Gasteiger partial charge in [0.1, 0.15) is 6.04 Å². The SMILES string of the molecule is O=C(CSc1ccncc1)N[C@@H](Cc1ccccc1)C(=O)O. The summed E-state index contributed by atoms with van der Waals surface area (Å²) in [5.74, 6) is -1.17. The molecule has 6 heteroatoms. The third kappa shape index (κ3) is 5.21. The maximum absolute atomic E-state index is 11.9. The number of aliphatic carboxylic acids is 1. The number of hydrogen-bond acceptors (Lipinski definition) is 4. The van der Waals surface area contributed by atoms with Crippen molar-refractivity contribution in [1.29, 1.82) is 0 Å². The van der Waals surface area contributed by atoms with Crippen LogP contribution < -0.4 is 5.32 Å². The van der Waals surface area contributed by atoms with Gasteiger partial charge in [-0.2, -0.15) is 0 Å². The average Bonchev–Trinajstić information content (AvgIpc) is 2.54. The minimum Gasteiger partial charge on any atom is -0.480 e. The lowest BCUT2D eigenvalue weighted by atomic mass is 10.1. The molecule has 2 rings (SSSR count). The maximum Gasteiger partial charge on any atom is 0.326 e. The highest BCUT2D eigenvalue weighted by molar-refractivity contribution is 8.00. The molecule has 0 saturated heterocycles. The summed E-state index contributed by atoms with van der Waals surface area (Å²) in [6.45, 7) is 0. The summed E-state index contributed by atoms with van der Waals surface area (Å²) in [4.78, 5) is 28.0. The zero-order valence-corrected chi connectivity index (χ0v) is 12.6. The first-order chi connectivity index (χ1) is 10.6. The van der Waals surface area contributed by atoms with Gasteiger partial charge in [0, 0.05) is 23.7 Å². The summed E-state index contributed by atoms with van der Waals surface area (Å²) in [7, 11) is 0. The van der Waals surface area contributed by atoms with E-state index in [2.05, 4.69) is 10.3 Å². The Kier molecular flexibility index (Phi) is 5.97. The molecule has 2 N–H and O–H groups in total. The van der Waals surface area contributed by atoms with E-state index in [0.29, 0.717) is 0 Å². The molecule has 0 bridgehead atoms. The Bertz CT molecular complexity index is 620. The number of hydrogen-bond donors (Lipinski definition) is 2. The van der Waals surface area contributed by atoms with Gasteiger partial charge in [0.05, 0.1) is 5.75 Å². The van der Waals surface area contributed by atoms with Crippen LogP contribution in [0.15, 0.2) is 59.8 Å². The van der Waals surface area contributed by atoms with Crippen LogP contribution in [0.2, 0.25) is 0 Å². The topological polar surface area (TPSA) is 79.3 Å². The number of amides is 1. The third-order valence-corrected chi connectivity index (χ3v) is 3.95. The fourth-order valence-electron chi connectivity index (χ4n) is 1.87. The molecule has 0 radical (unpaired) electrons. The molecule has 1 aromatic carbocycles. The Labute approximate surface area is 132 Å². The highest BCUT2D eigenvalue weighted by atomic mass is 32.2. The lowest BCUT2D eigenvalue weighted by molar-refractivity contribution is -0.141. The van der Waals surface area contributed by atoms with E-state index in [1.165, 1.54) is 11.8 Å². The molecule has 0 aliphatic carbocycles. The molecule has 22 heavy (non-hydrogen) atoms. The smallest absolute Gasteiger partial charge is 0.326 e. The molecule has 0 saturated carbocycles. The van der Waals surface area contributed by atoms with E-state index in [4.69, 9.17) is 0 Å². The fourth-order valence-corrected chi connectivity index (χ4v) is 2.56. The quantitative estimate of drug-likeness (QED) is 0.764. The number of carbonyl (C=O) groups is 2. The number of thioether (sulfide) groups is 1. The van der Waals surface area contributed by atoms with Gasteiger partial charge < -0.3 is 10.4 Å². The van der Waals surface area contributed by atoms with Gasteiger partial charge in [-0.15, -0.1) is 11.8 Å². The summed E-state index contributed by atoms with van der Waals surface area (Å²) in [5.41, 5.74) is 0.872. The average molecular weight is 316 g/mol. The van der Waals surface area contributed by atoms with Crippen molar-refractivity contribution in [3.8, 4) is 0 Å². The van der Waals surface area contributed by atoms with Gasteiger partial charge in [0.15, 0.2) is 0 Å². The van der Waals surface area contributed by atoms with Gasteiger partial charge in [-0.1, -0.05) is 30.3 Å². The van der Waals surface area contributed by atoms with Gasteiger partial charge in [0.25, 0.3) is 0 Å². The lowest BCUT2D eigenvalue weighted by Gasteiger charge is -2.14. The standard InChI is InChI=1S/C16H16N2O3S/c19-15(11-22-13-6-8-17-9-7-13)18-14(16(20)21)10-12-4-2-1-3-5-12/h1-9,14H,10-11H2,(H,18,19)(H,20,21)/t14-/m0/s1. The molecule has 2 aromatic rings. The second-order valence-corrected chi connectivity index (χ2v) is 5.67. The van der Waals surface area contributed by atoms with E-state index in [0.717, 1.165) is 10.5 Å². The second-order valence-electron chi connectivity index (χ2n) is 4.62. The third-order valence-electron chi connectivity index (χ3n) is 2.94. The van der Waals surface area contributed by atoms with Gasteiger partial charge >= 0.3 is 5.97 Å². The van der Waals surface area contributed by atoms with Crippen LogP contribution in [-0.2, 0) is 16.0 Å². The van der Waals surface area contributed by atoms with Gasteiger partial charge in [-0.25, -0.2) is 4.79 Å². The van der Waals surface area contributed by atoms with Gasteiger partial charge in [0.2, 0.25) is 5.91 Å². The van der Waals surface area contributed by atoms with Crippen molar-refractivity contribution in [3.05, 3.63) is 60.4 Å². The summed E-state index contributed by atoms with van der Waals surface area (Å²) in [5, 5.41) is 11.8. The molecule has 0 fully saturated rings. The van der Waals surface area contributed by atoms with Crippen LogP contribution in [-0.4, -0.2) is 33.8 Å². The zero-order valence-electron chi connectivity index (χ0n) is 11.8. The van der Waals surface area contributed by atoms with Crippen molar-refractivity contribution in [1.82, 2.24) is 10.3 Å². The van der Waals surface area contributed by atoms with Crippen LogP contribution in [0, 0.1) is 0 Å². The molecule has 114 valence electrons. The first-order valence-corrected chi connectivity index (χ1v) is 7.72. The van der Waals surface area contributed by atoms with E-state index in [1.807, 2.05) is 30.3 Å². The number of rotatable bonds is 7. The molecule has 0 aliphatic rings.